The number of aromatic nitrogens is 1. The largest absolute Gasteiger partial charge is 0.331 e. The number of halogens is 2. The van der Waals surface area contributed by atoms with Crippen molar-refractivity contribution >= 4 is 23.3 Å². The van der Waals surface area contributed by atoms with Gasteiger partial charge in [-0.1, -0.05) is 17.7 Å². The molecule has 0 aliphatic heterocycles. The lowest BCUT2D eigenvalue weighted by atomic mass is 10.1. The van der Waals surface area contributed by atoms with Crippen molar-refractivity contribution in [2.24, 2.45) is 0 Å². The molecule has 0 saturated heterocycles. The normalized spacial score (nSPS) is 11.8. The van der Waals surface area contributed by atoms with E-state index in [2.05, 4.69) is 15.6 Å². The molecule has 2 rings (SSSR count). The molecule has 0 fully saturated rings. The van der Waals surface area contributed by atoms with E-state index in [1.807, 2.05) is 13.0 Å². The highest BCUT2D eigenvalue weighted by molar-refractivity contribution is 6.31. The van der Waals surface area contributed by atoms with Crippen LogP contribution in [0.25, 0.3) is 0 Å². The van der Waals surface area contributed by atoms with Gasteiger partial charge in [0.25, 0.3) is 0 Å². The maximum Gasteiger partial charge on any atom is 0.319 e. The van der Waals surface area contributed by atoms with Crippen molar-refractivity contribution in [3.8, 4) is 0 Å². The predicted molar refractivity (Wildman–Crippen MR) is 76.2 cm³/mol. The van der Waals surface area contributed by atoms with Gasteiger partial charge in [0.05, 0.1) is 11.1 Å². The van der Waals surface area contributed by atoms with Crippen LogP contribution < -0.4 is 10.6 Å². The molecule has 0 saturated carbocycles. The molecule has 104 valence electrons. The Morgan fingerprint density at radius 3 is 2.85 bits per heavy atom. The maximum absolute atomic E-state index is 13.0. The molecule has 0 spiro atoms. The number of carbonyl (C=O) groups excluding carboxylic acids is 1. The third-order valence-corrected chi connectivity index (χ3v) is 3.00. The Labute approximate surface area is 121 Å². The average Bonchev–Trinajstić information content (AvgIpc) is 2.44. The third kappa shape index (κ3) is 3.68. The molecule has 0 radical (unpaired) electrons. The number of urea groups is 1. The monoisotopic (exact) mass is 293 g/mol. The van der Waals surface area contributed by atoms with Crippen LogP contribution in [0.4, 0.5) is 14.9 Å². The van der Waals surface area contributed by atoms with Crippen molar-refractivity contribution in [3.05, 3.63) is 59.1 Å². The number of nitrogens with one attached hydrogen (secondary N) is 2. The first kappa shape index (κ1) is 14.3. The van der Waals surface area contributed by atoms with E-state index in [4.69, 9.17) is 11.6 Å². The van der Waals surface area contributed by atoms with Gasteiger partial charge < -0.3 is 10.6 Å². The van der Waals surface area contributed by atoms with Gasteiger partial charge in [0.15, 0.2) is 0 Å². The average molecular weight is 294 g/mol. The Hall–Kier alpha value is -2.14. The molecule has 0 bridgehead atoms. The van der Waals surface area contributed by atoms with Crippen LogP contribution in [0.3, 0.4) is 0 Å². The maximum atomic E-state index is 13.0. The molecule has 2 N–H and O–H groups in total. The highest BCUT2D eigenvalue weighted by Gasteiger charge is 2.10. The van der Waals surface area contributed by atoms with Crippen LogP contribution in [-0.2, 0) is 0 Å². The number of rotatable bonds is 3. The van der Waals surface area contributed by atoms with Crippen LogP contribution in [0, 0.1) is 5.82 Å². The Morgan fingerprint density at radius 2 is 2.20 bits per heavy atom. The summed E-state index contributed by atoms with van der Waals surface area (Å²) in [6, 6.07) is 7.06. The van der Waals surface area contributed by atoms with Crippen LogP contribution in [-0.4, -0.2) is 11.0 Å². The van der Waals surface area contributed by atoms with E-state index in [9.17, 15) is 9.18 Å². The molecule has 1 atom stereocenters. The first-order valence-electron chi connectivity index (χ1n) is 5.99. The van der Waals surface area contributed by atoms with Gasteiger partial charge in [-0.15, -0.1) is 0 Å². The summed E-state index contributed by atoms with van der Waals surface area (Å²) in [6.07, 6.45) is 3.34. The van der Waals surface area contributed by atoms with Gasteiger partial charge in [-0.3, -0.25) is 4.98 Å². The summed E-state index contributed by atoms with van der Waals surface area (Å²) in [4.78, 5) is 15.8. The molecule has 1 heterocycles. The number of anilines is 1. The highest BCUT2D eigenvalue weighted by atomic mass is 35.5. The SMILES string of the molecule is CC(NC(=O)Nc1ccc(F)c(Cl)c1)c1cccnc1. The zero-order valence-electron chi connectivity index (χ0n) is 10.7. The molecular weight excluding hydrogens is 281 g/mol. The van der Waals surface area contributed by atoms with Crippen molar-refractivity contribution in [2.45, 2.75) is 13.0 Å². The molecule has 1 aromatic carbocycles. The van der Waals surface area contributed by atoms with Crippen LogP contribution in [0.5, 0.6) is 0 Å². The lowest BCUT2D eigenvalue weighted by Crippen LogP contribution is -2.31. The molecule has 1 aromatic heterocycles. The fourth-order valence-electron chi connectivity index (χ4n) is 1.65. The minimum Gasteiger partial charge on any atom is -0.331 e. The second kappa shape index (κ2) is 6.34. The second-order valence-corrected chi connectivity index (χ2v) is 4.64. The van der Waals surface area contributed by atoms with Gasteiger partial charge >= 0.3 is 6.03 Å². The van der Waals surface area contributed by atoms with E-state index >= 15 is 0 Å². The summed E-state index contributed by atoms with van der Waals surface area (Å²) in [6.45, 7) is 1.84. The van der Waals surface area contributed by atoms with Crippen molar-refractivity contribution < 1.29 is 9.18 Å². The Kier molecular flexibility index (Phi) is 4.53. The standard InChI is InChI=1S/C14H13ClFN3O/c1-9(10-3-2-6-17-8-10)18-14(20)19-11-4-5-13(16)12(15)7-11/h2-9H,1H3,(H2,18,19,20). The molecule has 6 heteroatoms. The first-order valence-corrected chi connectivity index (χ1v) is 6.36. The lowest BCUT2D eigenvalue weighted by molar-refractivity contribution is 0.249. The molecule has 2 amide bonds. The Balaban J connectivity index is 1.97. The highest BCUT2D eigenvalue weighted by Crippen LogP contribution is 2.19. The van der Waals surface area contributed by atoms with Gasteiger partial charge in [0.2, 0.25) is 0 Å². The first-order chi connectivity index (χ1) is 9.56. The van der Waals surface area contributed by atoms with Gasteiger partial charge in [0.1, 0.15) is 5.82 Å². The molecule has 1 unspecified atom stereocenters. The van der Waals surface area contributed by atoms with Gasteiger partial charge in [-0.25, -0.2) is 9.18 Å². The summed E-state index contributed by atoms with van der Waals surface area (Å²) in [5.41, 5.74) is 1.31. The van der Waals surface area contributed by atoms with Crippen molar-refractivity contribution in [2.75, 3.05) is 5.32 Å². The minimum atomic E-state index is -0.527. The van der Waals surface area contributed by atoms with E-state index < -0.39 is 11.8 Å². The van der Waals surface area contributed by atoms with Crippen LogP contribution in [0.15, 0.2) is 42.7 Å². The zero-order chi connectivity index (χ0) is 14.5. The minimum absolute atomic E-state index is 0.0388. The van der Waals surface area contributed by atoms with Gasteiger partial charge in [0, 0.05) is 18.1 Å². The Bertz CT molecular complexity index is 607. The second-order valence-electron chi connectivity index (χ2n) is 4.24. The molecule has 0 aliphatic carbocycles. The quantitative estimate of drug-likeness (QED) is 0.905. The van der Waals surface area contributed by atoms with E-state index in [1.54, 1.807) is 18.5 Å². The third-order valence-electron chi connectivity index (χ3n) is 2.71. The van der Waals surface area contributed by atoms with Crippen molar-refractivity contribution in [1.82, 2.24) is 10.3 Å². The fourth-order valence-corrected chi connectivity index (χ4v) is 1.83. The smallest absolute Gasteiger partial charge is 0.319 e. The molecule has 20 heavy (non-hydrogen) atoms. The molecule has 4 nitrogen and oxygen atoms in total. The van der Waals surface area contributed by atoms with E-state index in [0.29, 0.717) is 5.69 Å². The number of amides is 2. The predicted octanol–water partition coefficient (Wildman–Crippen LogP) is 3.76. The van der Waals surface area contributed by atoms with Crippen LogP contribution in [0.1, 0.15) is 18.5 Å². The summed E-state index contributed by atoms with van der Waals surface area (Å²) >= 11 is 5.64. The van der Waals surface area contributed by atoms with Crippen molar-refractivity contribution in [1.29, 1.82) is 0 Å². The zero-order valence-corrected chi connectivity index (χ0v) is 11.5. The topological polar surface area (TPSA) is 54.0 Å². The van der Waals surface area contributed by atoms with Crippen molar-refractivity contribution in [3.63, 3.8) is 0 Å². The van der Waals surface area contributed by atoms with Crippen LogP contribution in [0.2, 0.25) is 5.02 Å². The van der Waals surface area contributed by atoms with Gasteiger partial charge in [-0.05, 0) is 36.8 Å². The summed E-state index contributed by atoms with van der Waals surface area (Å²) in [5.74, 6) is -0.527. The summed E-state index contributed by atoms with van der Waals surface area (Å²) in [5, 5.41) is 5.30. The van der Waals surface area contributed by atoms with E-state index in [1.165, 1.54) is 18.2 Å². The number of nitrogens with zero attached hydrogens (tertiary/aromatic N) is 1. The summed E-state index contributed by atoms with van der Waals surface area (Å²) in [7, 11) is 0. The fraction of sp³-hybridized carbons (Fsp3) is 0.143. The molecule has 0 aliphatic rings. The lowest BCUT2D eigenvalue weighted by Gasteiger charge is -2.14. The summed E-state index contributed by atoms with van der Waals surface area (Å²) < 4.78 is 13.0. The van der Waals surface area contributed by atoms with Crippen LogP contribution >= 0.6 is 11.6 Å². The van der Waals surface area contributed by atoms with Gasteiger partial charge in [-0.2, -0.15) is 0 Å². The van der Waals surface area contributed by atoms with E-state index in [0.717, 1.165) is 5.56 Å². The molecular formula is C14H13ClFN3O. The Morgan fingerprint density at radius 1 is 1.40 bits per heavy atom. The number of benzene rings is 1. The number of pyridine rings is 1. The number of hydrogen-bond acceptors (Lipinski definition) is 2. The van der Waals surface area contributed by atoms with E-state index in [-0.39, 0.29) is 11.1 Å². The molecule has 2 aromatic rings. The number of carbonyl (C=O) groups is 1. The number of hydrogen-bond donors (Lipinski definition) is 2.